The second kappa shape index (κ2) is 134. The third-order valence-corrected chi connectivity index (χ3v) is 0. The average molecular weight is 387 g/mol. The quantitative estimate of drug-likeness (QED) is 0.594. The van der Waals surface area contributed by atoms with Crippen LogP contribution in [0, 0.1) is 0 Å². The minimum absolute atomic E-state index is 0. The molecular formula is H11F7NO3Ta. The summed E-state index contributed by atoms with van der Waals surface area (Å²) < 4.78 is 25.9. The molecule has 0 unspecified atom stereocenters. The predicted molar refractivity (Wildman–Crippen MR) is 24.9 cm³/mol. The molecule has 0 saturated heterocycles. The Labute approximate surface area is 68.8 Å². The molecule has 88 valence electrons. The van der Waals surface area contributed by atoms with Gasteiger partial charge < -0.3 is 6.15 Å². The van der Waals surface area contributed by atoms with Gasteiger partial charge in [0.05, 0.1) is 0 Å². The first kappa shape index (κ1) is 178. The summed E-state index contributed by atoms with van der Waals surface area (Å²) in [6.45, 7) is 0. The fourth-order valence-corrected chi connectivity index (χ4v) is 0. The second-order valence-electron chi connectivity index (χ2n) is 0.224. The molecule has 0 fully saturated rings. The van der Waals surface area contributed by atoms with Crippen molar-refractivity contribution < 1.29 is 61.8 Å². The van der Waals surface area contributed by atoms with Crippen LogP contribution in [0.1, 0.15) is 0 Å². The Morgan fingerprint density at radius 3 is 0.667 bits per heavy atom. The summed E-state index contributed by atoms with van der Waals surface area (Å²) in [4.78, 5) is 0. The molecule has 12 heteroatoms. The van der Waals surface area contributed by atoms with Crippen molar-refractivity contribution in [1.82, 2.24) is 6.15 Å². The normalized spacial score (nSPS) is 2.08. The molecule has 0 atom stereocenters. The fourth-order valence-electron chi connectivity index (χ4n) is 0. The van der Waals surface area contributed by atoms with Crippen LogP contribution in [0.5, 0.6) is 0 Å². The molecule has 0 heterocycles. The van der Waals surface area contributed by atoms with Crippen LogP contribution in [0.4, 0.5) is 32.9 Å². The first-order valence-electron chi connectivity index (χ1n) is 0.548. The number of halogens is 7. The summed E-state index contributed by atoms with van der Waals surface area (Å²) >= 11 is -4.34. The van der Waals surface area contributed by atoms with Gasteiger partial charge in [0.25, 0.3) is 0 Å². The molecule has 4 N–H and O–H groups in total. The Balaban J connectivity index is -0.00000000161. The Morgan fingerprint density at radius 2 is 0.667 bits per heavy atom. The van der Waals surface area contributed by atoms with Gasteiger partial charge in [-0.2, -0.15) is 0 Å². The summed E-state index contributed by atoms with van der Waals surface area (Å²) in [7, 11) is 0. The second-order valence-corrected chi connectivity index (χ2v) is 1.83. The number of quaternary nitrogens is 1. The van der Waals surface area contributed by atoms with Crippen LogP contribution in [0.3, 0.4) is 0 Å². The molecule has 0 aromatic heterocycles. The van der Waals surface area contributed by atoms with Gasteiger partial charge in [0.2, 0.25) is 0 Å². The maximum atomic E-state index is 8.62. The van der Waals surface area contributed by atoms with Crippen molar-refractivity contribution in [2.75, 3.05) is 0 Å². The van der Waals surface area contributed by atoms with Gasteiger partial charge in [0.1, 0.15) is 0 Å². The zero-order valence-electron chi connectivity index (χ0n) is 5.53. The van der Waals surface area contributed by atoms with E-state index in [0.29, 0.717) is 0 Å². The maximum absolute atomic E-state index is 8.62. The van der Waals surface area contributed by atoms with Crippen molar-refractivity contribution in [3.8, 4) is 0 Å². The Morgan fingerprint density at radius 1 is 0.667 bits per heavy atom. The van der Waals surface area contributed by atoms with E-state index in [4.69, 9.17) is 10.1 Å². The topological polar surface area (TPSA) is 93.7 Å². The van der Waals surface area contributed by atoms with Crippen molar-refractivity contribution in [3.05, 3.63) is 0 Å². The van der Waals surface area contributed by atoms with Crippen molar-refractivity contribution in [2.24, 2.45) is 0 Å². The minimum atomic E-state index is -4.34. The van der Waals surface area contributed by atoms with Crippen LogP contribution < -0.4 is 9.77 Å². The van der Waals surface area contributed by atoms with Crippen molar-refractivity contribution in [1.29, 1.82) is 0 Å². The van der Waals surface area contributed by atoms with E-state index in [1.54, 1.807) is 0 Å². The number of hydrogen-bond acceptors (Lipinski definition) is 3. The average Bonchev–Trinajstić information content (AvgIpc) is 0.811. The van der Waals surface area contributed by atoms with Gasteiger partial charge in [0, 0.05) is 0 Å². The molecule has 0 aliphatic rings. The van der Waals surface area contributed by atoms with E-state index >= 15 is 0 Å². The molecule has 4 nitrogen and oxygen atoms in total. The van der Waals surface area contributed by atoms with Crippen LogP contribution in [-0.2, 0) is 25.3 Å². The molecule has 0 rings (SSSR count). The van der Waals surface area contributed by atoms with Gasteiger partial charge >= 0.3 is 28.9 Å². The van der Waals surface area contributed by atoms with Gasteiger partial charge in [-0.1, -0.05) is 0 Å². The summed E-state index contributed by atoms with van der Waals surface area (Å²) in [5, 5.41) is 0. The molecule has 0 aliphatic carbocycles. The van der Waals surface area contributed by atoms with Gasteiger partial charge in [0.15, 0.2) is 0 Å². The molecule has 0 radical (unpaired) electrons. The molecule has 0 saturated carbocycles. The third kappa shape index (κ3) is 14200. The Kier molecular flexibility index (Phi) is 1990. The van der Waals surface area contributed by atoms with Gasteiger partial charge in [-0.15, -0.1) is 0 Å². The van der Waals surface area contributed by atoms with E-state index < -0.39 is 18.8 Å². The van der Waals surface area contributed by atoms with Crippen LogP contribution >= 0.6 is 0 Å². The first-order valence-corrected chi connectivity index (χ1v) is 4.48. The van der Waals surface area contributed by atoms with Gasteiger partial charge in [-0.25, -0.2) is 0 Å². The van der Waals surface area contributed by atoms with Crippen LogP contribution in [-0.4, -0.2) is 0 Å². The van der Waals surface area contributed by atoms with E-state index in [9.17, 15) is 0 Å². The SMILES string of the molecule is F.F.F.F.F.F.F.[NH4+].[O]=[Ta](=[O])[O-]. The molecular weight excluding hydrogens is 376 g/mol. The van der Waals surface area contributed by atoms with E-state index in [1.165, 1.54) is 0 Å². The van der Waals surface area contributed by atoms with Crippen molar-refractivity contribution >= 4 is 0 Å². The summed E-state index contributed by atoms with van der Waals surface area (Å²) in [6.07, 6.45) is 0. The molecule has 0 aromatic carbocycles. The molecule has 0 bridgehead atoms. The zero-order chi connectivity index (χ0) is 3.58. The molecule has 0 aliphatic heterocycles. The van der Waals surface area contributed by atoms with Crippen LogP contribution in [0.25, 0.3) is 0 Å². The molecule has 12 heavy (non-hydrogen) atoms. The third-order valence-electron chi connectivity index (χ3n) is 0. The predicted octanol–water partition coefficient (Wildman–Crippen LogP) is 0.0146. The molecule has 0 amide bonds. The van der Waals surface area contributed by atoms with Crippen LogP contribution in [0.2, 0.25) is 0 Å². The number of hydrogen-bond donors (Lipinski definition) is 1. The van der Waals surface area contributed by atoms with Crippen LogP contribution in [0.15, 0.2) is 0 Å². The zero-order valence-corrected chi connectivity index (χ0v) is 8.74. The van der Waals surface area contributed by atoms with Crippen molar-refractivity contribution in [2.45, 2.75) is 0 Å². The Bertz CT molecular complexity index is 67.1. The standard InChI is InChI=1S/7FH.H3N.3O.Ta/h7*1H;1H3;;;;/q;;;;;;;;;;-1;/p+1. The van der Waals surface area contributed by atoms with Crippen molar-refractivity contribution in [3.63, 3.8) is 0 Å². The summed E-state index contributed by atoms with van der Waals surface area (Å²) in [6, 6.07) is 0. The summed E-state index contributed by atoms with van der Waals surface area (Å²) in [5.74, 6) is 0. The Hall–Kier alpha value is -0.230. The molecule has 0 spiro atoms. The first-order chi connectivity index (χ1) is 1.73. The van der Waals surface area contributed by atoms with E-state index in [-0.39, 0.29) is 39.1 Å². The van der Waals surface area contributed by atoms with E-state index in [2.05, 4.69) is 0 Å². The van der Waals surface area contributed by atoms with E-state index in [1.807, 2.05) is 0 Å². The molecule has 0 aromatic rings. The van der Waals surface area contributed by atoms with E-state index in [0.717, 1.165) is 0 Å². The fraction of sp³-hybridized carbons (Fsp3) is 0. The monoisotopic (exact) mass is 387 g/mol. The summed E-state index contributed by atoms with van der Waals surface area (Å²) in [5.41, 5.74) is 0. The number of rotatable bonds is 0. The van der Waals surface area contributed by atoms with Gasteiger partial charge in [-0.3, -0.25) is 32.9 Å². The van der Waals surface area contributed by atoms with Gasteiger partial charge in [-0.05, 0) is 0 Å².